The zero-order chi connectivity index (χ0) is 17.1. The lowest BCUT2D eigenvalue weighted by molar-refractivity contribution is -0.149. The van der Waals surface area contributed by atoms with Gasteiger partial charge in [0.25, 0.3) is 5.91 Å². The molecule has 0 aromatic heterocycles. The van der Waals surface area contributed by atoms with Gasteiger partial charge in [0.1, 0.15) is 5.75 Å². The molecule has 0 bridgehead atoms. The van der Waals surface area contributed by atoms with E-state index in [4.69, 9.17) is 33.0 Å². The first kappa shape index (κ1) is 17.9. The molecule has 1 aliphatic heterocycles. The third kappa shape index (κ3) is 4.30. The Morgan fingerprint density at radius 2 is 2.04 bits per heavy atom. The Bertz CT molecular complexity index is 608. The van der Waals surface area contributed by atoms with Gasteiger partial charge in [-0.1, -0.05) is 23.2 Å². The molecular weight excluding hydrogens is 341 g/mol. The van der Waals surface area contributed by atoms with Crippen LogP contribution in [0.2, 0.25) is 10.0 Å². The maximum Gasteiger partial charge on any atom is 0.308 e. The van der Waals surface area contributed by atoms with Crippen LogP contribution < -0.4 is 4.74 Å². The number of nitrogens with zero attached hydrogens (tertiary/aromatic N) is 1. The highest BCUT2D eigenvalue weighted by Gasteiger charge is 2.35. The van der Waals surface area contributed by atoms with Gasteiger partial charge in [-0.15, -0.1) is 0 Å². The molecule has 1 aromatic carbocycles. The Hall–Kier alpha value is -1.46. The number of hydrogen-bond acceptors (Lipinski definition) is 3. The Morgan fingerprint density at radius 1 is 1.35 bits per heavy atom. The first-order valence-corrected chi connectivity index (χ1v) is 8.20. The summed E-state index contributed by atoms with van der Waals surface area (Å²) in [4.78, 5) is 25.3. The predicted molar refractivity (Wildman–Crippen MR) is 88.1 cm³/mol. The highest BCUT2D eigenvalue weighted by molar-refractivity contribution is 6.35. The molecule has 0 spiro atoms. The fourth-order valence-electron chi connectivity index (χ4n) is 2.66. The predicted octanol–water partition coefficient (Wildman–Crippen LogP) is 3.47. The standard InChI is InChI=1S/C16H19Cl2NO4/c1-9-3-4-11(16(21)22)8-19(9)15(20)10(2)23-14-6-5-12(17)7-13(14)18/h5-7,9-11H,3-4,8H2,1-2H3,(H,21,22). The van der Waals surface area contributed by atoms with E-state index in [1.807, 2.05) is 6.92 Å². The fraction of sp³-hybridized carbons (Fsp3) is 0.500. The lowest BCUT2D eigenvalue weighted by Crippen LogP contribution is -2.51. The molecule has 3 unspecified atom stereocenters. The summed E-state index contributed by atoms with van der Waals surface area (Å²) in [6.45, 7) is 3.75. The van der Waals surface area contributed by atoms with Crippen LogP contribution in [0.3, 0.4) is 0 Å². The number of carbonyl (C=O) groups is 2. The third-order valence-electron chi connectivity index (χ3n) is 4.06. The molecule has 126 valence electrons. The molecule has 1 heterocycles. The first-order chi connectivity index (χ1) is 10.8. The zero-order valence-corrected chi connectivity index (χ0v) is 14.5. The smallest absolute Gasteiger partial charge is 0.308 e. The van der Waals surface area contributed by atoms with Gasteiger partial charge >= 0.3 is 5.97 Å². The Morgan fingerprint density at radius 3 is 2.65 bits per heavy atom. The Kier molecular flexibility index (Phi) is 5.76. The van der Waals surface area contributed by atoms with E-state index in [0.29, 0.717) is 28.6 Å². The molecule has 0 aliphatic carbocycles. The monoisotopic (exact) mass is 359 g/mol. The van der Waals surface area contributed by atoms with Gasteiger partial charge in [-0.05, 0) is 44.9 Å². The minimum atomic E-state index is -0.871. The van der Waals surface area contributed by atoms with Gasteiger partial charge in [0.05, 0.1) is 10.9 Å². The number of likely N-dealkylation sites (tertiary alicyclic amines) is 1. The van der Waals surface area contributed by atoms with Gasteiger partial charge in [0.2, 0.25) is 0 Å². The van der Waals surface area contributed by atoms with E-state index in [-0.39, 0.29) is 18.5 Å². The summed E-state index contributed by atoms with van der Waals surface area (Å²) in [5, 5.41) is 9.97. The van der Waals surface area contributed by atoms with Crippen molar-refractivity contribution in [3.63, 3.8) is 0 Å². The summed E-state index contributed by atoms with van der Waals surface area (Å²) in [6, 6.07) is 4.77. The number of amides is 1. The lowest BCUT2D eigenvalue weighted by atomic mass is 9.93. The molecule has 3 atom stereocenters. The van der Waals surface area contributed by atoms with Crippen molar-refractivity contribution in [2.24, 2.45) is 5.92 Å². The van der Waals surface area contributed by atoms with Crippen molar-refractivity contribution in [2.45, 2.75) is 38.8 Å². The minimum absolute atomic E-state index is 0.00941. The van der Waals surface area contributed by atoms with E-state index in [1.165, 1.54) is 0 Å². The molecule has 0 saturated carbocycles. The molecule has 1 fully saturated rings. The van der Waals surface area contributed by atoms with Crippen molar-refractivity contribution in [3.05, 3.63) is 28.2 Å². The zero-order valence-electron chi connectivity index (χ0n) is 13.0. The number of piperidine rings is 1. The summed E-state index contributed by atoms with van der Waals surface area (Å²) in [5.41, 5.74) is 0. The van der Waals surface area contributed by atoms with Crippen molar-refractivity contribution < 1.29 is 19.4 Å². The number of benzene rings is 1. The largest absolute Gasteiger partial charge is 0.481 e. The average Bonchev–Trinajstić information content (AvgIpc) is 2.49. The van der Waals surface area contributed by atoms with Crippen LogP contribution in [0.25, 0.3) is 0 Å². The highest BCUT2D eigenvalue weighted by Crippen LogP contribution is 2.29. The van der Waals surface area contributed by atoms with Crippen LogP contribution >= 0.6 is 23.2 Å². The maximum absolute atomic E-state index is 12.6. The summed E-state index contributed by atoms with van der Waals surface area (Å²) in [6.07, 6.45) is 0.485. The molecular formula is C16H19Cl2NO4. The van der Waals surface area contributed by atoms with Gasteiger partial charge in [-0.2, -0.15) is 0 Å². The van der Waals surface area contributed by atoms with E-state index in [1.54, 1.807) is 30.0 Å². The third-order valence-corrected chi connectivity index (χ3v) is 4.59. The van der Waals surface area contributed by atoms with Gasteiger partial charge in [-0.3, -0.25) is 9.59 Å². The van der Waals surface area contributed by atoms with Crippen LogP contribution in [0, 0.1) is 5.92 Å². The first-order valence-electron chi connectivity index (χ1n) is 7.44. The van der Waals surface area contributed by atoms with Crippen LogP contribution in [0.15, 0.2) is 18.2 Å². The van der Waals surface area contributed by atoms with Crippen LogP contribution in [-0.2, 0) is 9.59 Å². The summed E-state index contributed by atoms with van der Waals surface area (Å²) in [5.74, 6) is -1.27. The van der Waals surface area contributed by atoms with Gasteiger partial charge < -0.3 is 14.7 Å². The summed E-state index contributed by atoms with van der Waals surface area (Å²) >= 11 is 11.9. The molecule has 0 radical (unpaired) electrons. The van der Waals surface area contributed by atoms with Crippen molar-refractivity contribution in [3.8, 4) is 5.75 Å². The molecule has 1 amide bonds. The van der Waals surface area contributed by atoms with E-state index < -0.39 is 18.0 Å². The molecule has 1 N–H and O–H groups in total. The number of carboxylic acid groups (broad SMARTS) is 1. The summed E-state index contributed by atoms with van der Waals surface area (Å²) < 4.78 is 5.63. The van der Waals surface area contributed by atoms with Gasteiger partial charge in [-0.25, -0.2) is 0 Å². The molecule has 1 aromatic rings. The van der Waals surface area contributed by atoms with E-state index >= 15 is 0 Å². The van der Waals surface area contributed by atoms with Crippen LogP contribution in [0.5, 0.6) is 5.75 Å². The number of carboxylic acids is 1. The lowest BCUT2D eigenvalue weighted by Gasteiger charge is -2.37. The topological polar surface area (TPSA) is 66.8 Å². The quantitative estimate of drug-likeness (QED) is 0.893. The number of hydrogen-bond donors (Lipinski definition) is 1. The number of aliphatic carboxylic acids is 1. The number of halogens is 2. The molecule has 7 heteroatoms. The van der Waals surface area contributed by atoms with E-state index in [9.17, 15) is 9.59 Å². The second-order valence-electron chi connectivity index (χ2n) is 5.79. The number of rotatable bonds is 4. The average molecular weight is 360 g/mol. The molecule has 1 saturated heterocycles. The summed E-state index contributed by atoms with van der Waals surface area (Å²) in [7, 11) is 0. The van der Waals surface area contributed by atoms with Crippen LogP contribution in [-0.4, -0.2) is 40.6 Å². The minimum Gasteiger partial charge on any atom is -0.481 e. The number of ether oxygens (including phenoxy) is 1. The Balaban J connectivity index is 2.07. The Labute approximate surface area is 145 Å². The molecule has 1 aliphatic rings. The second-order valence-corrected chi connectivity index (χ2v) is 6.63. The molecule has 5 nitrogen and oxygen atoms in total. The second kappa shape index (κ2) is 7.41. The van der Waals surface area contributed by atoms with Crippen LogP contribution in [0.4, 0.5) is 0 Å². The van der Waals surface area contributed by atoms with Crippen molar-refractivity contribution >= 4 is 35.1 Å². The molecule has 23 heavy (non-hydrogen) atoms. The van der Waals surface area contributed by atoms with E-state index in [0.717, 1.165) is 0 Å². The number of carbonyl (C=O) groups excluding carboxylic acids is 1. The normalized spacial score (nSPS) is 22.5. The molecule has 2 rings (SSSR count). The van der Waals surface area contributed by atoms with Crippen LogP contribution in [0.1, 0.15) is 26.7 Å². The fourth-order valence-corrected chi connectivity index (χ4v) is 3.11. The van der Waals surface area contributed by atoms with Crippen molar-refractivity contribution in [1.29, 1.82) is 0 Å². The highest BCUT2D eigenvalue weighted by atomic mass is 35.5. The maximum atomic E-state index is 12.6. The SMILES string of the molecule is CC(Oc1ccc(Cl)cc1Cl)C(=O)N1CC(C(=O)O)CCC1C. The van der Waals surface area contributed by atoms with Crippen molar-refractivity contribution in [1.82, 2.24) is 4.90 Å². The van der Waals surface area contributed by atoms with Crippen molar-refractivity contribution in [2.75, 3.05) is 6.54 Å². The van der Waals surface area contributed by atoms with E-state index in [2.05, 4.69) is 0 Å². The van der Waals surface area contributed by atoms with Gasteiger partial charge in [0, 0.05) is 17.6 Å². The van der Waals surface area contributed by atoms with Gasteiger partial charge in [0.15, 0.2) is 6.10 Å².